The van der Waals surface area contributed by atoms with Crippen molar-refractivity contribution in [2.75, 3.05) is 26.0 Å². The lowest BCUT2D eigenvalue weighted by Gasteiger charge is -2.28. The zero-order chi connectivity index (χ0) is 15.9. The summed E-state index contributed by atoms with van der Waals surface area (Å²) in [6, 6.07) is 0.688. The summed E-state index contributed by atoms with van der Waals surface area (Å²) < 4.78 is 16.2. The van der Waals surface area contributed by atoms with E-state index in [1.54, 1.807) is 0 Å². The van der Waals surface area contributed by atoms with Gasteiger partial charge in [-0.2, -0.15) is 0 Å². The summed E-state index contributed by atoms with van der Waals surface area (Å²) in [6.45, 7) is 11.2. The Morgan fingerprint density at radius 3 is 2.52 bits per heavy atom. The summed E-state index contributed by atoms with van der Waals surface area (Å²) in [6.07, 6.45) is 0.484. The first-order chi connectivity index (χ1) is 9.88. The second kappa shape index (κ2) is 8.16. The molecule has 120 valence electrons. The Bertz CT molecular complexity index is 421. The fraction of sp³-hybridized carbons (Fsp3) is 0.786. The molecule has 0 aliphatic carbocycles. The number of hydrogen-bond donors (Lipinski definition) is 0. The molecular weight excluding hydrogens is 288 g/mol. The molecule has 0 aromatic carbocycles. The molecule has 0 saturated carbocycles. The van der Waals surface area contributed by atoms with Crippen LogP contribution in [0.3, 0.4) is 0 Å². The Morgan fingerprint density at radius 2 is 1.95 bits per heavy atom. The molecule has 21 heavy (non-hydrogen) atoms. The minimum Gasteiger partial charge on any atom is -0.480 e. The van der Waals surface area contributed by atoms with Crippen LogP contribution in [0.4, 0.5) is 0 Å². The monoisotopic (exact) mass is 314 g/mol. The summed E-state index contributed by atoms with van der Waals surface area (Å²) in [5, 5.41) is 0. The number of carbonyl (C=O) groups is 1. The number of rotatable bonds is 6. The Kier molecular flexibility index (Phi) is 6.87. The smallest absolute Gasteiger partial charge is 0.302 e. The van der Waals surface area contributed by atoms with Crippen molar-refractivity contribution in [3.05, 3.63) is 0 Å². The van der Waals surface area contributed by atoms with Crippen molar-refractivity contribution in [1.82, 2.24) is 0 Å². The molecule has 1 aliphatic heterocycles. The summed E-state index contributed by atoms with van der Waals surface area (Å²) in [7, 11) is -1.74. The summed E-state index contributed by atoms with van der Waals surface area (Å²) in [4.78, 5) is 20.0. The van der Waals surface area contributed by atoms with Crippen LogP contribution < -0.4 is 0 Å². The maximum Gasteiger partial charge on any atom is 0.302 e. The first-order valence-electron chi connectivity index (χ1n) is 7.38. The minimum atomic E-state index is -1.74. The molecule has 0 N–H and O–H groups in total. The molecular formula is C14H26N2O4Si. The Morgan fingerprint density at radius 1 is 1.29 bits per heavy atom. The first kappa shape index (κ1) is 17.7. The van der Waals surface area contributed by atoms with E-state index in [0.29, 0.717) is 37.8 Å². The van der Waals surface area contributed by atoms with Gasteiger partial charge in [0, 0.05) is 6.92 Å². The minimum absolute atomic E-state index is 0.127. The highest BCUT2D eigenvalue weighted by atomic mass is 28.3. The normalized spacial score (nSPS) is 18.6. The Labute approximate surface area is 127 Å². The standard InChI is InChI=1S/C14H26N2O4Si/c1-6-18-13-8-15-14(19-7-2)12(16-13)9-21(4,5)10-20-11(3)17/h12H,6-10H2,1-5H3. The van der Waals surface area contributed by atoms with E-state index in [0.717, 1.165) is 6.04 Å². The van der Waals surface area contributed by atoms with Crippen LogP contribution in [0.15, 0.2) is 9.98 Å². The number of aliphatic imine (C=N–C) groups is 2. The van der Waals surface area contributed by atoms with E-state index in [4.69, 9.17) is 14.2 Å². The van der Waals surface area contributed by atoms with Gasteiger partial charge < -0.3 is 14.2 Å². The summed E-state index contributed by atoms with van der Waals surface area (Å²) in [5.74, 6) is 1.09. The zero-order valence-corrected chi connectivity index (χ0v) is 14.6. The van der Waals surface area contributed by atoms with E-state index in [-0.39, 0.29) is 12.0 Å². The highest BCUT2D eigenvalue weighted by Gasteiger charge is 2.32. The predicted molar refractivity (Wildman–Crippen MR) is 85.7 cm³/mol. The molecule has 0 radical (unpaired) electrons. The third kappa shape index (κ3) is 6.28. The van der Waals surface area contributed by atoms with Gasteiger partial charge >= 0.3 is 5.97 Å². The zero-order valence-electron chi connectivity index (χ0n) is 13.6. The summed E-state index contributed by atoms with van der Waals surface area (Å²) in [5.41, 5.74) is 0. The average molecular weight is 314 g/mol. The van der Waals surface area contributed by atoms with Crippen molar-refractivity contribution in [2.24, 2.45) is 9.98 Å². The van der Waals surface area contributed by atoms with Gasteiger partial charge in [-0.1, -0.05) is 13.1 Å². The molecule has 1 unspecified atom stereocenters. The highest BCUT2D eigenvalue weighted by Crippen LogP contribution is 2.19. The van der Waals surface area contributed by atoms with Crippen LogP contribution in [0.2, 0.25) is 19.1 Å². The molecule has 6 nitrogen and oxygen atoms in total. The van der Waals surface area contributed by atoms with Crippen molar-refractivity contribution in [3.8, 4) is 0 Å². The first-order valence-corrected chi connectivity index (χ1v) is 10.8. The van der Waals surface area contributed by atoms with Crippen LogP contribution in [0.25, 0.3) is 0 Å². The topological polar surface area (TPSA) is 69.5 Å². The molecule has 0 aromatic rings. The van der Waals surface area contributed by atoms with Gasteiger partial charge in [0.05, 0.1) is 27.5 Å². The van der Waals surface area contributed by atoms with E-state index < -0.39 is 8.07 Å². The van der Waals surface area contributed by atoms with E-state index in [2.05, 4.69) is 23.1 Å². The van der Waals surface area contributed by atoms with Gasteiger partial charge in [0.25, 0.3) is 0 Å². The molecule has 0 bridgehead atoms. The van der Waals surface area contributed by atoms with Gasteiger partial charge in [0.1, 0.15) is 12.6 Å². The number of hydrogen-bond acceptors (Lipinski definition) is 6. The van der Waals surface area contributed by atoms with Crippen molar-refractivity contribution >= 4 is 25.8 Å². The molecule has 0 aromatic heterocycles. The number of nitrogens with zero attached hydrogens (tertiary/aromatic N) is 2. The Hall–Kier alpha value is -1.37. The quantitative estimate of drug-likeness (QED) is 0.556. The number of ether oxygens (including phenoxy) is 3. The molecule has 0 fully saturated rings. The van der Waals surface area contributed by atoms with Crippen LogP contribution in [0.5, 0.6) is 0 Å². The second-order valence-corrected chi connectivity index (χ2v) is 10.7. The number of esters is 1. The number of carbonyl (C=O) groups excluding carboxylic acids is 1. The maximum absolute atomic E-state index is 11.0. The van der Waals surface area contributed by atoms with E-state index >= 15 is 0 Å². The van der Waals surface area contributed by atoms with Crippen LogP contribution in [-0.2, 0) is 19.0 Å². The van der Waals surface area contributed by atoms with E-state index in [1.807, 2.05) is 13.8 Å². The lowest BCUT2D eigenvalue weighted by Crippen LogP contribution is -2.41. The molecule has 1 aliphatic rings. The second-order valence-electron chi connectivity index (χ2n) is 5.71. The lowest BCUT2D eigenvalue weighted by molar-refractivity contribution is -0.139. The van der Waals surface area contributed by atoms with Crippen LogP contribution in [0.1, 0.15) is 20.8 Å². The lowest BCUT2D eigenvalue weighted by atomic mass is 10.3. The van der Waals surface area contributed by atoms with Crippen molar-refractivity contribution in [1.29, 1.82) is 0 Å². The van der Waals surface area contributed by atoms with E-state index in [1.165, 1.54) is 6.92 Å². The van der Waals surface area contributed by atoms with Crippen molar-refractivity contribution in [3.63, 3.8) is 0 Å². The SMILES string of the molecule is CCOC1=NC(C[Si](C)(C)COC(C)=O)C(OCC)=NC1. The third-order valence-corrected chi connectivity index (χ3v) is 5.39. The van der Waals surface area contributed by atoms with Gasteiger partial charge in [-0.05, 0) is 19.9 Å². The van der Waals surface area contributed by atoms with Gasteiger partial charge in [-0.25, -0.2) is 9.98 Å². The molecule has 0 amide bonds. The third-order valence-electron chi connectivity index (χ3n) is 2.97. The maximum atomic E-state index is 11.0. The van der Waals surface area contributed by atoms with Gasteiger partial charge in [0.2, 0.25) is 11.8 Å². The molecule has 0 spiro atoms. The van der Waals surface area contributed by atoms with Gasteiger partial charge in [-0.3, -0.25) is 4.79 Å². The van der Waals surface area contributed by atoms with Gasteiger partial charge in [-0.15, -0.1) is 0 Å². The molecule has 7 heteroatoms. The largest absolute Gasteiger partial charge is 0.480 e. The average Bonchev–Trinajstić information content (AvgIpc) is 2.40. The van der Waals surface area contributed by atoms with Crippen molar-refractivity contribution < 1.29 is 19.0 Å². The Balaban J connectivity index is 2.75. The fourth-order valence-corrected chi connectivity index (χ4v) is 4.10. The van der Waals surface area contributed by atoms with E-state index in [9.17, 15) is 4.79 Å². The van der Waals surface area contributed by atoms with Crippen LogP contribution in [0, 0.1) is 0 Å². The molecule has 0 saturated heterocycles. The summed E-state index contributed by atoms with van der Waals surface area (Å²) >= 11 is 0. The van der Waals surface area contributed by atoms with Gasteiger partial charge in [0.15, 0.2) is 0 Å². The van der Waals surface area contributed by atoms with Crippen LogP contribution >= 0.6 is 0 Å². The fourth-order valence-electron chi connectivity index (χ4n) is 2.07. The molecule has 1 atom stereocenters. The molecule has 1 rings (SSSR count). The van der Waals surface area contributed by atoms with Crippen LogP contribution in [-0.4, -0.2) is 57.9 Å². The molecule has 1 heterocycles. The van der Waals surface area contributed by atoms with Crippen molar-refractivity contribution in [2.45, 2.75) is 46.0 Å². The predicted octanol–water partition coefficient (Wildman–Crippen LogP) is 2.05. The highest BCUT2D eigenvalue weighted by molar-refractivity contribution is 6.77.